The van der Waals surface area contributed by atoms with Crippen LogP contribution in [-0.4, -0.2) is 17.9 Å². The average molecular weight is 285 g/mol. The molecule has 0 aliphatic heterocycles. The van der Waals surface area contributed by atoms with Crippen LogP contribution in [-0.2, 0) is 4.79 Å². The van der Waals surface area contributed by atoms with E-state index < -0.39 is 5.91 Å². The van der Waals surface area contributed by atoms with E-state index in [9.17, 15) is 9.59 Å². The predicted octanol–water partition coefficient (Wildman–Crippen LogP) is 1.44. The van der Waals surface area contributed by atoms with Crippen LogP contribution >= 0.6 is 15.9 Å². The van der Waals surface area contributed by atoms with E-state index in [0.29, 0.717) is 5.56 Å². The standard InChI is InChI=1S/C11H13BrN2O2/c1-7(5-10(13)15)14-11(16)8-3-2-4-9(12)6-8/h2-4,6-7H,5H2,1H3,(H2,13,15)(H,14,16). The molecule has 0 radical (unpaired) electrons. The Morgan fingerprint density at radius 1 is 1.50 bits per heavy atom. The van der Waals surface area contributed by atoms with Gasteiger partial charge >= 0.3 is 0 Å². The molecule has 0 spiro atoms. The molecule has 0 saturated heterocycles. The highest BCUT2D eigenvalue weighted by Gasteiger charge is 2.11. The highest BCUT2D eigenvalue weighted by atomic mass is 79.9. The largest absolute Gasteiger partial charge is 0.370 e. The van der Waals surface area contributed by atoms with Crippen molar-refractivity contribution in [3.8, 4) is 0 Å². The summed E-state index contributed by atoms with van der Waals surface area (Å²) in [7, 11) is 0. The first-order valence-corrected chi connectivity index (χ1v) is 5.63. The number of carbonyl (C=O) groups excluding carboxylic acids is 2. The van der Waals surface area contributed by atoms with Gasteiger partial charge in [0.25, 0.3) is 5.91 Å². The topological polar surface area (TPSA) is 72.2 Å². The van der Waals surface area contributed by atoms with Crippen molar-refractivity contribution in [1.82, 2.24) is 5.32 Å². The van der Waals surface area contributed by atoms with Gasteiger partial charge in [0.15, 0.2) is 0 Å². The molecule has 2 amide bonds. The van der Waals surface area contributed by atoms with Gasteiger partial charge in [-0.2, -0.15) is 0 Å². The molecule has 5 heteroatoms. The van der Waals surface area contributed by atoms with E-state index in [4.69, 9.17) is 5.73 Å². The highest BCUT2D eigenvalue weighted by Crippen LogP contribution is 2.11. The first-order valence-electron chi connectivity index (χ1n) is 4.84. The molecule has 3 N–H and O–H groups in total. The molecular weight excluding hydrogens is 272 g/mol. The number of nitrogens with one attached hydrogen (secondary N) is 1. The summed E-state index contributed by atoms with van der Waals surface area (Å²) in [5, 5.41) is 2.69. The number of rotatable bonds is 4. The van der Waals surface area contributed by atoms with Crippen molar-refractivity contribution < 1.29 is 9.59 Å². The molecule has 0 bridgehead atoms. The van der Waals surface area contributed by atoms with Crippen LogP contribution in [0.3, 0.4) is 0 Å². The lowest BCUT2D eigenvalue weighted by molar-refractivity contribution is -0.118. The van der Waals surface area contributed by atoms with Crippen LogP contribution in [0.25, 0.3) is 0 Å². The number of hydrogen-bond donors (Lipinski definition) is 2. The molecule has 0 fully saturated rings. The van der Waals surface area contributed by atoms with Crippen LogP contribution in [0.1, 0.15) is 23.7 Å². The maximum absolute atomic E-state index is 11.7. The maximum atomic E-state index is 11.7. The van der Waals surface area contributed by atoms with Gasteiger partial charge in [0.2, 0.25) is 5.91 Å². The van der Waals surface area contributed by atoms with Crippen LogP contribution in [0.15, 0.2) is 28.7 Å². The molecule has 0 heterocycles. The quantitative estimate of drug-likeness (QED) is 0.878. The summed E-state index contributed by atoms with van der Waals surface area (Å²) in [6.07, 6.45) is 0.139. The van der Waals surface area contributed by atoms with Gasteiger partial charge in [-0.25, -0.2) is 0 Å². The SMILES string of the molecule is CC(CC(N)=O)NC(=O)c1cccc(Br)c1. The number of carbonyl (C=O) groups is 2. The van der Waals surface area contributed by atoms with Crippen LogP contribution in [0.5, 0.6) is 0 Å². The molecule has 1 unspecified atom stereocenters. The molecule has 1 rings (SSSR count). The molecule has 4 nitrogen and oxygen atoms in total. The zero-order valence-corrected chi connectivity index (χ0v) is 10.5. The molecule has 1 aromatic carbocycles. The van der Waals surface area contributed by atoms with Crippen molar-refractivity contribution in [2.75, 3.05) is 0 Å². The average Bonchev–Trinajstić information content (AvgIpc) is 2.16. The maximum Gasteiger partial charge on any atom is 0.251 e. The lowest BCUT2D eigenvalue weighted by Crippen LogP contribution is -2.35. The summed E-state index contributed by atoms with van der Waals surface area (Å²) in [6, 6.07) is 6.77. The number of benzene rings is 1. The summed E-state index contributed by atoms with van der Waals surface area (Å²) < 4.78 is 0.836. The summed E-state index contributed by atoms with van der Waals surface area (Å²) in [5.41, 5.74) is 5.58. The van der Waals surface area contributed by atoms with E-state index in [0.717, 1.165) is 4.47 Å². The second-order valence-corrected chi connectivity index (χ2v) is 4.47. The second-order valence-electron chi connectivity index (χ2n) is 3.56. The van der Waals surface area contributed by atoms with Gasteiger partial charge in [-0.05, 0) is 25.1 Å². The van der Waals surface area contributed by atoms with Crippen molar-refractivity contribution in [3.05, 3.63) is 34.3 Å². The summed E-state index contributed by atoms with van der Waals surface area (Å²) in [5.74, 6) is -0.642. The Morgan fingerprint density at radius 2 is 2.19 bits per heavy atom. The van der Waals surface area contributed by atoms with Gasteiger partial charge in [-0.3, -0.25) is 9.59 Å². The lowest BCUT2D eigenvalue weighted by atomic mass is 10.2. The third-order valence-electron chi connectivity index (χ3n) is 1.97. The van der Waals surface area contributed by atoms with Gasteiger partial charge in [-0.1, -0.05) is 22.0 Å². The monoisotopic (exact) mass is 284 g/mol. The second kappa shape index (κ2) is 5.65. The van der Waals surface area contributed by atoms with E-state index in [2.05, 4.69) is 21.2 Å². The summed E-state index contributed by atoms with van der Waals surface area (Å²) in [6.45, 7) is 1.74. The molecule has 1 aromatic rings. The Kier molecular flexibility index (Phi) is 4.49. The molecule has 0 aromatic heterocycles. The van der Waals surface area contributed by atoms with Gasteiger partial charge in [0, 0.05) is 22.5 Å². The molecule has 0 saturated carbocycles. The Balaban J connectivity index is 2.62. The van der Waals surface area contributed by atoms with E-state index in [1.807, 2.05) is 6.07 Å². The third kappa shape index (κ3) is 4.02. The number of primary amides is 1. The molecule has 16 heavy (non-hydrogen) atoms. The Bertz CT molecular complexity index is 407. The normalized spacial score (nSPS) is 11.9. The molecule has 0 aliphatic carbocycles. The summed E-state index contributed by atoms with van der Waals surface area (Å²) >= 11 is 3.28. The van der Waals surface area contributed by atoms with E-state index in [-0.39, 0.29) is 18.4 Å². The minimum absolute atomic E-state index is 0.139. The molecule has 1 atom stereocenters. The lowest BCUT2D eigenvalue weighted by Gasteiger charge is -2.11. The van der Waals surface area contributed by atoms with Gasteiger partial charge in [0.1, 0.15) is 0 Å². The zero-order chi connectivity index (χ0) is 12.1. The minimum atomic E-state index is -0.429. The van der Waals surface area contributed by atoms with Gasteiger partial charge in [-0.15, -0.1) is 0 Å². The van der Waals surface area contributed by atoms with Crippen LogP contribution in [0, 0.1) is 0 Å². The fourth-order valence-corrected chi connectivity index (χ4v) is 1.69. The molecular formula is C11H13BrN2O2. The number of amides is 2. The highest BCUT2D eigenvalue weighted by molar-refractivity contribution is 9.10. The third-order valence-corrected chi connectivity index (χ3v) is 2.46. The fourth-order valence-electron chi connectivity index (χ4n) is 1.29. The Hall–Kier alpha value is -1.36. The Labute approximate surface area is 102 Å². The number of nitrogens with two attached hydrogens (primary N) is 1. The van der Waals surface area contributed by atoms with E-state index in [1.54, 1.807) is 25.1 Å². The minimum Gasteiger partial charge on any atom is -0.370 e. The predicted molar refractivity (Wildman–Crippen MR) is 64.9 cm³/mol. The first-order chi connectivity index (χ1) is 7.49. The van der Waals surface area contributed by atoms with Gasteiger partial charge < -0.3 is 11.1 Å². The fraction of sp³-hybridized carbons (Fsp3) is 0.273. The summed E-state index contributed by atoms with van der Waals surface area (Å²) in [4.78, 5) is 22.4. The number of hydrogen-bond acceptors (Lipinski definition) is 2. The zero-order valence-electron chi connectivity index (χ0n) is 8.87. The van der Waals surface area contributed by atoms with Crippen molar-refractivity contribution in [2.24, 2.45) is 5.73 Å². The first kappa shape index (κ1) is 12.7. The van der Waals surface area contributed by atoms with Crippen molar-refractivity contribution >= 4 is 27.7 Å². The molecule has 0 aliphatic rings. The van der Waals surface area contributed by atoms with Crippen molar-refractivity contribution in [1.29, 1.82) is 0 Å². The van der Waals surface area contributed by atoms with Gasteiger partial charge in [0.05, 0.1) is 0 Å². The van der Waals surface area contributed by atoms with E-state index in [1.165, 1.54) is 0 Å². The van der Waals surface area contributed by atoms with Crippen LogP contribution in [0.4, 0.5) is 0 Å². The van der Waals surface area contributed by atoms with Crippen molar-refractivity contribution in [2.45, 2.75) is 19.4 Å². The number of halogens is 1. The van der Waals surface area contributed by atoms with Crippen LogP contribution < -0.4 is 11.1 Å². The van der Waals surface area contributed by atoms with E-state index >= 15 is 0 Å². The van der Waals surface area contributed by atoms with Crippen molar-refractivity contribution in [3.63, 3.8) is 0 Å². The van der Waals surface area contributed by atoms with Crippen LogP contribution in [0.2, 0.25) is 0 Å². The Morgan fingerprint density at radius 3 is 2.75 bits per heavy atom. The molecule has 86 valence electrons. The smallest absolute Gasteiger partial charge is 0.251 e.